The molecule has 7 heteroatoms. The fourth-order valence-electron chi connectivity index (χ4n) is 1.47. The Morgan fingerprint density at radius 2 is 2.06 bits per heavy atom. The number of rotatable bonds is 3. The molecule has 17 heavy (non-hydrogen) atoms. The van der Waals surface area contributed by atoms with Crippen molar-refractivity contribution in [3.05, 3.63) is 30.3 Å². The molecular weight excluding hydrogens is 224 g/mol. The minimum absolute atomic E-state index is 0.436. The van der Waals surface area contributed by atoms with Gasteiger partial charge in [-0.15, -0.1) is 0 Å². The van der Waals surface area contributed by atoms with Gasteiger partial charge in [0.2, 0.25) is 6.04 Å². The first kappa shape index (κ1) is 10.9. The van der Waals surface area contributed by atoms with Crippen molar-refractivity contribution in [2.45, 2.75) is 6.04 Å². The van der Waals surface area contributed by atoms with Crippen LogP contribution in [0.1, 0.15) is 0 Å². The average molecular weight is 232 g/mol. The van der Waals surface area contributed by atoms with Gasteiger partial charge in [-0.05, 0) is 12.1 Å². The van der Waals surface area contributed by atoms with Crippen molar-refractivity contribution in [3.8, 4) is 0 Å². The van der Waals surface area contributed by atoms with Gasteiger partial charge >= 0.3 is 5.97 Å². The topological polar surface area (TPSA) is 106 Å². The summed E-state index contributed by atoms with van der Waals surface area (Å²) in [7, 11) is 0. The molecule has 0 radical (unpaired) electrons. The van der Waals surface area contributed by atoms with Crippen LogP contribution in [-0.4, -0.2) is 28.7 Å². The number of hydrazone groups is 1. The molecule has 1 aromatic rings. The summed E-state index contributed by atoms with van der Waals surface area (Å²) in [5, 5.41) is 16.5. The standard InChI is InChI=1S/C10H8N4O3/c11-12-7-8(10(16)17)13-14(9(7)15)6-4-2-1-3-5-6/h1-5,7,11H,(H,16,17). The fraction of sp³-hybridized carbons (Fsp3) is 0.100. The maximum absolute atomic E-state index is 11.8. The quantitative estimate of drug-likeness (QED) is 0.755. The van der Waals surface area contributed by atoms with Gasteiger partial charge in [0.15, 0.2) is 5.71 Å². The molecule has 1 amide bonds. The summed E-state index contributed by atoms with van der Waals surface area (Å²) < 4.78 is 0. The van der Waals surface area contributed by atoms with Gasteiger partial charge in [0.25, 0.3) is 5.91 Å². The van der Waals surface area contributed by atoms with Gasteiger partial charge < -0.3 is 5.11 Å². The molecular formula is C10H8N4O3. The monoisotopic (exact) mass is 232 g/mol. The van der Waals surface area contributed by atoms with E-state index >= 15 is 0 Å². The molecule has 1 heterocycles. The number of carbonyl (C=O) groups is 2. The molecule has 0 aromatic heterocycles. The highest BCUT2D eigenvalue weighted by molar-refractivity contribution is 6.45. The highest BCUT2D eigenvalue weighted by Gasteiger charge is 2.40. The Kier molecular flexibility index (Phi) is 2.65. The molecule has 0 aliphatic carbocycles. The van der Waals surface area contributed by atoms with E-state index in [1.54, 1.807) is 30.3 Å². The number of amides is 1. The number of benzene rings is 1. The van der Waals surface area contributed by atoms with Crippen LogP contribution in [0.2, 0.25) is 0 Å². The highest BCUT2D eigenvalue weighted by Crippen LogP contribution is 2.21. The van der Waals surface area contributed by atoms with E-state index in [0.29, 0.717) is 5.69 Å². The first-order valence-corrected chi connectivity index (χ1v) is 4.72. The van der Waals surface area contributed by atoms with E-state index in [0.717, 1.165) is 5.01 Å². The van der Waals surface area contributed by atoms with E-state index in [9.17, 15) is 9.59 Å². The Balaban J connectivity index is 2.42. The zero-order valence-electron chi connectivity index (χ0n) is 8.57. The average Bonchev–Trinajstić information content (AvgIpc) is 2.67. The number of nitrogens with zero attached hydrogens (tertiary/aromatic N) is 3. The summed E-state index contributed by atoms with van der Waals surface area (Å²) in [4.78, 5) is 22.6. The number of hydrogen-bond donors (Lipinski definition) is 2. The normalized spacial score (nSPS) is 19.1. The molecule has 0 fully saturated rings. The number of anilines is 1. The maximum Gasteiger partial charge on any atom is 0.355 e. The van der Waals surface area contributed by atoms with Gasteiger partial charge in [0, 0.05) is 0 Å². The summed E-state index contributed by atoms with van der Waals surface area (Å²) in [6, 6.07) is 7.04. The SMILES string of the molecule is N=NC1C(=O)N(c2ccccc2)N=C1C(=O)O. The van der Waals surface area contributed by atoms with Crippen molar-refractivity contribution >= 4 is 23.3 Å². The van der Waals surface area contributed by atoms with Crippen LogP contribution >= 0.6 is 0 Å². The molecule has 0 spiro atoms. The van der Waals surface area contributed by atoms with Crippen LogP contribution in [-0.2, 0) is 9.59 Å². The van der Waals surface area contributed by atoms with Crippen molar-refractivity contribution in [2.24, 2.45) is 10.2 Å². The molecule has 1 aromatic carbocycles. The molecule has 1 atom stereocenters. The predicted octanol–water partition coefficient (Wildman–Crippen LogP) is 0.873. The lowest BCUT2D eigenvalue weighted by Gasteiger charge is -2.11. The summed E-state index contributed by atoms with van der Waals surface area (Å²) in [6.45, 7) is 0. The van der Waals surface area contributed by atoms with Crippen LogP contribution in [0.25, 0.3) is 0 Å². The summed E-state index contributed by atoms with van der Waals surface area (Å²) >= 11 is 0. The zero-order chi connectivity index (χ0) is 12.4. The Morgan fingerprint density at radius 1 is 1.41 bits per heavy atom. The van der Waals surface area contributed by atoms with E-state index in [1.165, 1.54) is 0 Å². The van der Waals surface area contributed by atoms with Crippen LogP contribution in [0, 0.1) is 5.53 Å². The molecule has 0 saturated carbocycles. The van der Waals surface area contributed by atoms with Crippen molar-refractivity contribution in [1.29, 1.82) is 5.53 Å². The van der Waals surface area contributed by atoms with Crippen molar-refractivity contribution < 1.29 is 14.7 Å². The van der Waals surface area contributed by atoms with Gasteiger partial charge in [0.1, 0.15) is 0 Å². The number of carboxylic acids is 1. The number of nitrogens with one attached hydrogen (secondary N) is 1. The molecule has 86 valence electrons. The largest absolute Gasteiger partial charge is 0.477 e. The molecule has 1 aliphatic rings. The molecule has 0 bridgehead atoms. The van der Waals surface area contributed by atoms with Crippen LogP contribution in [0.5, 0.6) is 0 Å². The van der Waals surface area contributed by atoms with E-state index in [2.05, 4.69) is 10.2 Å². The van der Waals surface area contributed by atoms with Crippen molar-refractivity contribution in [3.63, 3.8) is 0 Å². The summed E-state index contributed by atoms with van der Waals surface area (Å²) in [5.74, 6) is -1.98. The number of carbonyl (C=O) groups excluding carboxylic acids is 1. The third-order valence-electron chi connectivity index (χ3n) is 2.26. The molecule has 0 saturated heterocycles. The van der Waals surface area contributed by atoms with E-state index in [1.807, 2.05) is 0 Å². The molecule has 1 aliphatic heterocycles. The highest BCUT2D eigenvalue weighted by atomic mass is 16.4. The van der Waals surface area contributed by atoms with E-state index in [4.69, 9.17) is 10.6 Å². The summed E-state index contributed by atoms with van der Waals surface area (Å²) in [6.07, 6.45) is 0. The molecule has 7 nitrogen and oxygen atoms in total. The smallest absolute Gasteiger partial charge is 0.355 e. The second kappa shape index (κ2) is 4.12. The van der Waals surface area contributed by atoms with Crippen LogP contribution < -0.4 is 5.01 Å². The minimum Gasteiger partial charge on any atom is -0.477 e. The molecule has 2 N–H and O–H groups in total. The Bertz CT molecular complexity index is 512. The van der Waals surface area contributed by atoms with Crippen LogP contribution in [0.15, 0.2) is 40.5 Å². The second-order valence-corrected chi connectivity index (χ2v) is 3.31. The van der Waals surface area contributed by atoms with Crippen LogP contribution in [0.3, 0.4) is 0 Å². The van der Waals surface area contributed by atoms with Crippen LogP contribution in [0.4, 0.5) is 5.69 Å². The molecule has 2 rings (SSSR count). The van der Waals surface area contributed by atoms with Crippen molar-refractivity contribution in [2.75, 3.05) is 5.01 Å². The second-order valence-electron chi connectivity index (χ2n) is 3.31. The Hall–Kier alpha value is -2.57. The minimum atomic E-state index is -1.35. The Labute approximate surface area is 95.9 Å². The predicted molar refractivity (Wildman–Crippen MR) is 57.9 cm³/mol. The van der Waals surface area contributed by atoms with Gasteiger partial charge in [-0.1, -0.05) is 18.2 Å². The fourth-order valence-corrected chi connectivity index (χ4v) is 1.47. The number of carboxylic acid groups (broad SMARTS) is 1. The number of aliphatic carboxylic acids is 1. The van der Waals surface area contributed by atoms with Gasteiger partial charge in [-0.2, -0.15) is 15.2 Å². The lowest BCUT2D eigenvalue weighted by atomic mass is 10.2. The zero-order valence-corrected chi connectivity index (χ0v) is 8.57. The van der Waals surface area contributed by atoms with E-state index in [-0.39, 0.29) is 0 Å². The first-order chi connectivity index (χ1) is 8.15. The first-order valence-electron chi connectivity index (χ1n) is 4.72. The van der Waals surface area contributed by atoms with Crippen molar-refractivity contribution in [1.82, 2.24) is 0 Å². The van der Waals surface area contributed by atoms with Gasteiger partial charge in [0.05, 0.1) is 5.69 Å². The third kappa shape index (κ3) is 1.78. The van der Waals surface area contributed by atoms with E-state index < -0.39 is 23.6 Å². The molecule has 1 unspecified atom stereocenters. The maximum atomic E-state index is 11.8. The van der Waals surface area contributed by atoms with Gasteiger partial charge in [-0.3, -0.25) is 4.79 Å². The number of hydrogen-bond acceptors (Lipinski definition) is 5. The number of para-hydroxylation sites is 1. The lowest BCUT2D eigenvalue weighted by Crippen LogP contribution is -2.32. The third-order valence-corrected chi connectivity index (χ3v) is 2.26. The summed E-state index contributed by atoms with van der Waals surface area (Å²) in [5.41, 5.74) is 6.85. The lowest BCUT2D eigenvalue weighted by molar-refractivity contribution is -0.130. The Morgan fingerprint density at radius 3 is 2.53 bits per heavy atom. The van der Waals surface area contributed by atoms with Gasteiger partial charge in [-0.25, -0.2) is 10.3 Å².